The lowest BCUT2D eigenvalue weighted by molar-refractivity contribution is 0.359. The Balaban J connectivity index is 0. The van der Waals surface area contributed by atoms with Crippen molar-refractivity contribution in [3.05, 3.63) is 34.6 Å². The molecular formula is C14H20BF5O. The van der Waals surface area contributed by atoms with Gasteiger partial charge in [-0.3, -0.25) is 0 Å². The number of hydrogen-bond acceptors (Lipinski definition) is 1. The third-order valence-electron chi connectivity index (χ3n) is 2.52. The van der Waals surface area contributed by atoms with Gasteiger partial charge in [-0.05, 0) is 5.31 Å². The topological polar surface area (TPSA) is 20.2 Å². The van der Waals surface area contributed by atoms with Gasteiger partial charge in [0.1, 0.15) is 0 Å². The van der Waals surface area contributed by atoms with Crippen LogP contribution in [0.4, 0.5) is 22.0 Å². The predicted octanol–water partition coefficient (Wildman–Crippen LogP) is 4.20. The lowest BCUT2D eigenvalue weighted by atomic mass is 9.63. The predicted molar refractivity (Wildman–Crippen MR) is 73.7 cm³/mol. The van der Waals surface area contributed by atoms with Crippen LogP contribution in [0.5, 0.6) is 0 Å². The molecule has 1 atom stereocenters. The molecule has 0 fully saturated rings. The maximum absolute atomic E-state index is 13.3. The number of aliphatic hydroxyl groups excluding tert-OH is 1. The molecule has 0 spiro atoms. The van der Waals surface area contributed by atoms with Crippen LogP contribution in [0.2, 0.25) is 0 Å². The molecule has 1 N–H and O–H groups in total. The van der Waals surface area contributed by atoms with Crippen LogP contribution in [0, 0.1) is 29.1 Å². The number of rotatable bonds is 2. The van der Waals surface area contributed by atoms with E-state index in [2.05, 4.69) is 13.8 Å². The molecule has 0 bridgehead atoms. The molecule has 0 saturated heterocycles. The van der Waals surface area contributed by atoms with Crippen LogP contribution in [0.1, 0.15) is 46.1 Å². The Labute approximate surface area is 123 Å². The van der Waals surface area contributed by atoms with Gasteiger partial charge in [0.25, 0.3) is 0 Å². The SMILES string of the molecule is CCC.CO.[B]C(C)(CC)c1c(F)c(F)c(F)c(F)c1F. The highest BCUT2D eigenvalue weighted by Crippen LogP contribution is 2.32. The molecule has 0 amide bonds. The molecule has 1 unspecified atom stereocenters. The molecule has 0 saturated carbocycles. The van der Waals surface area contributed by atoms with E-state index in [9.17, 15) is 22.0 Å². The van der Waals surface area contributed by atoms with Gasteiger partial charge in [-0.15, -0.1) is 0 Å². The van der Waals surface area contributed by atoms with Crippen molar-refractivity contribution in [1.29, 1.82) is 0 Å². The van der Waals surface area contributed by atoms with Crippen molar-refractivity contribution in [2.45, 2.75) is 45.9 Å². The first-order valence-corrected chi connectivity index (χ1v) is 6.41. The van der Waals surface area contributed by atoms with Gasteiger partial charge in [0.05, 0.1) is 7.85 Å². The van der Waals surface area contributed by atoms with Crippen molar-refractivity contribution < 1.29 is 27.1 Å². The summed E-state index contributed by atoms with van der Waals surface area (Å²) in [7, 11) is 6.49. The summed E-state index contributed by atoms with van der Waals surface area (Å²) >= 11 is 0. The van der Waals surface area contributed by atoms with Crippen LogP contribution in [-0.2, 0) is 5.31 Å². The minimum Gasteiger partial charge on any atom is -0.400 e. The van der Waals surface area contributed by atoms with Crippen molar-refractivity contribution in [3.8, 4) is 0 Å². The summed E-state index contributed by atoms with van der Waals surface area (Å²) in [4.78, 5) is 0. The van der Waals surface area contributed by atoms with Crippen molar-refractivity contribution in [1.82, 2.24) is 0 Å². The fourth-order valence-corrected chi connectivity index (χ4v) is 1.28. The van der Waals surface area contributed by atoms with E-state index >= 15 is 0 Å². The summed E-state index contributed by atoms with van der Waals surface area (Å²) < 4.78 is 65.0. The lowest BCUT2D eigenvalue weighted by Crippen LogP contribution is -2.26. The average Bonchev–Trinajstić information content (AvgIpc) is 2.46. The van der Waals surface area contributed by atoms with Gasteiger partial charge < -0.3 is 5.11 Å². The van der Waals surface area contributed by atoms with Gasteiger partial charge in [0, 0.05) is 12.7 Å². The Hall–Kier alpha value is -1.11. The highest BCUT2D eigenvalue weighted by molar-refractivity contribution is 6.15. The van der Waals surface area contributed by atoms with Crippen LogP contribution in [0.3, 0.4) is 0 Å². The Bertz CT molecular complexity index is 420. The first-order chi connectivity index (χ1) is 9.65. The number of hydrogen-bond donors (Lipinski definition) is 1. The molecule has 1 nitrogen and oxygen atoms in total. The van der Waals surface area contributed by atoms with Gasteiger partial charge in [-0.1, -0.05) is 40.5 Å². The van der Waals surface area contributed by atoms with Crippen molar-refractivity contribution in [3.63, 3.8) is 0 Å². The van der Waals surface area contributed by atoms with E-state index in [-0.39, 0.29) is 6.42 Å². The third-order valence-corrected chi connectivity index (χ3v) is 2.52. The maximum Gasteiger partial charge on any atom is 0.200 e. The lowest BCUT2D eigenvalue weighted by Gasteiger charge is -2.25. The second-order valence-electron chi connectivity index (χ2n) is 4.42. The molecular weight excluding hydrogens is 290 g/mol. The molecule has 1 aromatic rings. The standard InChI is InChI=1S/C10H8BF5.C3H8.CH4O/c1-3-10(2,11)4-5(12)7(14)9(16)8(15)6(4)13;1-3-2;1-2/h3H2,1-2H3;3H2,1-2H3;2H,1H3. The highest BCUT2D eigenvalue weighted by Gasteiger charge is 2.33. The number of halogens is 5. The van der Waals surface area contributed by atoms with E-state index in [1.165, 1.54) is 20.3 Å². The molecule has 1 rings (SSSR count). The third kappa shape index (κ3) is 5.30. The molecule has 120 valence electrons. The van der Waals surface area contributed by atoms with Gasteiger partial charge in [-0.2, -0.15) is 0 Å². The summed E-state index contributed by atoms with van der Waals surface area (Å²) in [6.07, 6.45) is 1.28. The number of benzene rings is 1. The summed E-state index contributed by atoms with van der Waals surface area (Å²) in [6, 6.07) is 0. The molecule has 0 heterocycles. The molecule has 1 aromatic carbocycles. The molecule has 0 aliphatic rings. The maximum atomic E-state index is 13.3. The van der Waals surface area contributed by atoms with E-state index in [4.69, 9.17) is 13.0 Å². The van der Waals surface area contributed by atoms with Gasteiger partial charge in [0.2, 0.25) is 5.82 Å². The summed E-state index contributed by atoms with van der Waals surface area (Å²) in [5, 5.41) is 5.39. The Morgan fingerprint density at radius 2 is 1.05 bits per heavy atom. The minimum absolute atomic E-state index is 0.0331. The van der Waals surface area contributed by atoms with Crippen LogP contribution in [0.25, 0.3) is 0 Å². The Kier molecular flexibility index (Phi) is 10.3. The Morgan fingerprint density at radius 3 is 1.29 bits per heavy atom. The highest BCUT2D eigenvalue weighted by atomic mass is 19.2. The largest absolute Gasteiger partial charge is 0.400 e. The van der Waals surface area contributed by atoms with Crippen LogP contribution < -0.4 is 0 Å². The summed E-state index contributed by atoms with van der Waals surface area (Å²) in [6.45, 7) is 6.93. The monoisotopic (exact) mass is 310 g/mol. The van der Waals surface area contributed by atoms with E-state index < -0.39 is 40.0 Å². The minimum atomic E-state index is -2.18. The van der Waals surface area contributed by atoms with Gasteiger partial charge >= 0.3 is 0 Å². The van der Waals surface area contributed by atoms with E-state index in [1.54, 1.807) is 0 Å². The zero-order chi connectivity index (χ0) is 17.4. The summed E-state index contributed by atoms with van der Waals surface area (Å²) in [5.74, 6) is -9.87. The zero-order valence-corrected chi connectivity index (χ0v) is 12.8. The molecule has 0 aliphatic carbocycles. The van der Waals surface area contributed by atoms with Gasteiger partial charge in [-0.25, -0.2) is 22.0 Å². The van der Waals surface area contributed by atoms with Crippen LogP contribution in [0.15, 0.2) is 0 Å². The van der Waals surface area contributed by atoms with E-state index in [1.807, 2.05) is 0 Å². The molecule has 0 aromatic heterocycles. The normalized spacial score (nSPS) is 12.5. The second-order valence-corrected chi connectivity index (χ2v) is 4.42. The van der Waals surface area contributed by atoms with Crippen molar-refractivity contribution in [2.75, 3.05) is 7.11 Å². The fraction of sp³-hybridized carbons (Fsp3) is 0.571. The van der Waals surface area contributed by atoms with Gasteiger partial charge in [0.15, 0.2) is 23.3 Å². The quantitative estimate of drug-likeness (QED) is 0.376. The van der Waals surface area contributed by atoms with E-state index in [0.717, 1.165) is 7.11 Å². The molecule has 0 aliphatic heterocycles. The fourth-order valence-electron chi connectivity index (χ4n) is 1.28. The average molecular weight is 310 g/mol. The van der Waals surface area contributed by atoms with E-state index in [0.29, 0.717) is 0 Å². The van der Waals surface area contributed by atoms with Crippen LogP contribution >= 0.6 is 0 Å². The first kappa shape index (κ1) is 22.2. The molecule has 2 radical (unpaired) electrons. The summed E-state index contributed by atoms with van der Waals surface area (Å²) in [5.41, 5.74) is -0.980. The molecule has 7 heteroatoms. The molecule has 21 heavy (non-hydrogen) atoms. The van der Waals surface area contributed by atoms with Crippen LogP contribution in [-0.4, -0.2) is 20.1 Å². The van der Waals surface area contributed by atoms with Crippen molar-refractivity contribution >= 4 is 7.85 Å². The zero-order valence-electron chi connectivity index (χ0n) is 12.8. The first-order valence-electron chi connectivity index (χ1n) is 6.41. The number of aliphatic hydroxyl groups is 1. The smallest absolute Gasteiger partial charge is 0.200 e. The van der Waals surface area contributed by atoms with Crippen molar-refractivity contribution in [2.24, 2.45) is 0 Å². The Morgan fingerprint density at radius 1 is 0.810 bits per heavy atom. The second kappa shape index (κ2) is 9.76.